The number of hydrogen-bond donors (Lipinski definition) is 2. The number of urea groups is 1. The Balaban J connectivity index is 1.36. The number of amides is 2. The van der Waals surface area contributed by atoms with Crippen LogP contribution in [0.4, 0.5) is 16.2 Å². The second kappa shape index (κ2) is 8.44. The van der Waals surface area contributed by atoms with E-state index in [0.717, 1.165) is 17.1 Å². The zero-order chi connectivity index (χ0) is 20.9. The molecule has 0 aliphatic rings. The fraction of sp³-hybridized carbons (Fsp3) is 0.0909. The number of aromatic nitrogens is 4. The van der Waals surface area contributed by atoms with Crippen molar-refractivity contribution in [3.63, 3.8) is 0 Å². The van der Waals surface area contributed by atoms with Gasteiger partial charge in [0.2, 0.25) is 5.88 Å². The molecular formula is C22H20N6O2. The molecule has 0 atom stereocenters. The lowest BCUT2D eigenvalue weighted by atomic mass is 10.2. The van der Waals surface area contributed by atoms with Gasteiger partial charge in [-0.25, -0.2) is 9.78 Å². The first kappa shape index (κ1) is 19.1. The Morgan fingerprint density at radius 3 is 2.40 bits per heavy atom. The van der Waals surface area contributed by atoms with E-state index in [-0.39, 0.29) is 6.03 Å². The number of para-hydroxylation sites is 1. The molecule has 4 rings (SSSR count). The zero-order valence-corrected chi connectivity index (χ0v) is 16.5. The number of ether oxygens (including phenoxy) is 1. The molecule has 2 heterocycles. The van der Waals surface area contributed by atoms with Gasteiger partial charge >= 0.3 is 6.03 Å². The Bertz CT molecular complexity index is 1150. The van der Waals surface area contributed by atoms with Crippen LogP contribution in [0.1, 0.15) is 11.4 Å². The summed E-state index contributed by atoms with van der Waals surface area (Å²) in [5.74, 6) is 2.44. The molecule has 8 heteroatoms. The van der Waals surface area contributed by atoms with Gasteiger partial charge in [0, 0.05) is 29.8 Å². The van der Waals surface area contributed by atoms with Gasteiger partial charge in [-0.2, -0.15) is 0 Å². The van der Waals surface area contributed by atoms with E-state index >= 15 is 0 Å². The van der Waals surface area contributed by atoms with Gasteiger partial charge in [-0.15, -0.1) is 10.2 Å². The summed E-state index contributed by atoms with van der Waals surface area (Å²) < 4.78 is 7.56. The number of anilines is 2. The van der Waals surface area contributed by atoms with Gasteiger partial charge in [-0.1, -0.05) is 18.2 Å². The van der Waals surface area contributed by atoms with Gasteiger partial charge < -0.3 is 15.4 Å². The number of nitrogens with zero attached hydrogens (tertiary/aromatic N) is 4. The normalized spacial score (nSPS) is 10.5. The van der Waals surface area contributed by atoms with Gasteiger partial charge in [0.25, 0.3) is 0 Å². The molecule has 0 aliphatic carbocycles. The average molecular weight is 400 g/mol. The first-order valence-corrected chi connectivity index (χ1v) is 9.34. The summed E-state index contributed by atoms with van der Waals surface area (Å²) in [4.78, 5) is 16.4. The predicted molar refractivity (Wildman–Crippen MR) is 114 cm³/mol. The van der Waals surface area contributed by atoms with Crippen LogP contribution < -0.4 is 15.4 Å². The summed E-state index contributed by atoms with van der Waals surface area (Å²) in [6.07, 6.45) is 3.53. The molecule has 0 spiro atoms. The molecule has 0 unspecified atom stereocenters. The molecule has 2 amide bonds. The SMILES string of the molecule is Cc1ccccc1NC(=O)Nc1ccc(Oc2ccc(-n3ccnc3C)nn2)cc1. The van der Waals surface area contributed by atoms with Crippen LogP contribution in [-0.4, -0.2) is 25.8 Å². The van der Waals surface area contributed by atoms with Gasteiger partial charge in [0.15, 0.2) is 5.82 Å². The van der Waals surface area contributed by atoms with Crippen molar-refractivity contribution < 1.29 is 9.53 Å². The Hall–Kier alpha value is -4.20. The molecule has 4 aromatic rings. The smallest absolute Gasteiger partial charge is 0.323 e. The third kappa shape index (κ3) is 4.44. The van der Waals surface area contributed by atoms with Gasteiger partial charge in [0.05, 0.1) is 0 Å². The number of carbonyl (C=O) groups excluding carboxylic acids is 1. The van der Waals surface area contributed by atoms with Crippen LogP contribution in [0, 0.1) is 13.8 Å². The Morgan fingerprint density at radius 1 is 0.933 bits per heavy atom. The van der Waals surface area contributed by atoms with Gasteiger partial charge in [0.1, 0.15) is 11.6 Å². The van der Waals surface area contributed by atoms with Crippen molar-refractivity contribution in [2.24, 2.45) is 0 Å². The van der Waals surface area contributed by atoms with Crippen molar-refractivity contribution in [2.75, 3.05) is 10.6 Å². The van der Waals surface area contributed by atoms with Gasteiger partial charge in [-0.05, 0) is 55.8 Å². The Kier molecular flexibility index (Phi) is 5.38. The highest BCUT2D eigenvalue weighted by molar-refractivity contribution is 6.00. The minimum absolute atomic E-state index is 0.311. The molecule has 8 nitrogen and oxygen atoms in total. The average Bonchev–Trinajstić information content (AvgIpc) is 3.18. The molecule has 0 fully saturated rings. The number of nitrogens with one attached hydrogen (secondary N) is 2. The third-order valence-electron chi connectivity index (χ3n) is 4.43. The van der Waals surface area contributed by atoms with Crippen molar-refractivity contribution in [1.29, 1.82) is 0 Å². The Labute approximate surface area is 173 Å². The highest BCUT2D eigenvalue weighted by Crippen LogP contribution is 2.22. The van der Waals surface area contributed by atoms with E-state index in [4.69, 9.17) is 4.74 Å². The van der Waals surface area contributed by atoms with Crippen molar-refractivity contribution in [1.82, 2.24) is 19.7 Å². The summed E-state index contributed by atoms with van der Waals surface area (Å²) in [6.45, 7) is 3.83. The molecule has 30 heavy (non-hydrogen) atoms. The van der Waals surface area contributed by atoms with Crippen molar-refractivity contribution in [3.8, 4) is 17.4 Å². The summed E-state index contributed by atoms with van der Waals surface area (Å²) in [7, 11) is 0. The molecule has 0 saturated carbocycles. The predicted octanol–water partition coefficient (Wildman–Crippen LogP) is 4.72. The summed E-state index contributed by atoms with van der Waals surface area (Å²) >= 11 is 0. The molecule has 0 radical (unpaired) electrons. The molecule has 2 aromatic carbocycles. The molecular weight excluding hydrogens is 380 g/mol. The maximum absolute atomic E-state index is 12.2. The number of hydrogen-bond acceptors (Lipinski definition) is 5. The van der Waals surface area contributed by atoms with Crippen molar-refractivity contribution in [3.05, 3.63) is 84.4 Å². The number of benzene rings is 2. The first-order chi connectivity index (χ1) is 14.6. The van der Waals surface area contributed by atoms with E-state index < -0.39 is 0 Å². The standard InChI is InChI=1S/C22H20N6O2/c1-15-5-3-4-6-19(15)25-22(29)24-17-7-9-18(10-8-17)30-21-12-11-20(26-27-21)28-14-13-23-16(28)2/h3-14H,1-2H3,(H2,24,25,29). The maximum Gasteiger partial charge on any atom is 0.323 e. The van der Waals surface area contributed by atoms with Crippen LogP contribution in [0.15, 0.2) is 73.1 Å². The van der Waals surface area contributed by atoms with Crippen molar-refractivity contribution >= 4 is 17.4 Å². The molecule has 0 saturated heterocycles. The van der Waals surface area contributed by atoms with E-state index in [0.29, 0.717) is 23.1 Å². The monoisotopic (exact) mass is 400 g/mol. The molecule has 0 aliphatic heterocycles. The molecule has 2 aromatic heterocycles. The maximum atomic E-state index is 12.2. The summed E-state index contributed by atoms with van der Waals surface area (Å²) in [5.41, 5.74) is 2.40. The lowest BCUT2D eigenvalue weighted by Gasteiger charge is -2.10. The van der Waals surface area contributed by atoms with Crippen LogP contribution in [0.5, 0.6) is 11.6 Å². The second-order valence-electron chi connectivity index (χ2n) is 6.59. The largest absolute Gasteiger partial charge is 0.438 e. The van der Waals surface area contributed by atoms with Crippen LogP contribution in [0.2, 0.25) is 0 Å². The van der Waals surface area contributed by atoms with Gasteiger partial charge in [-0.3, -0.25) is 4.57 Å². The number of imidazole rings is 1. The number of rotatable bonds is 5. The summed E-state index contributed by atoms with van der Waals surface area (Å²) in [5, 5.41) is 13.9. The minimum atomic E-state index is -0.311. The van der Waals surface area contributed by atoms with Crippen LogP contribution in [0.3, 0.4) is 0 Å². The number of carbonyl (C=O) groups is 1. The zero-order valence-electron chi connectivity index (χ0n) is 16.5. The lowest BCUT2D eigenvalue weighted by molar-refractivity contribution is 0.262. The topological polar surface area (TPSA) is 94.0 Å². The fourth-order valence-electron chi connectivity index (χ4n) is 2.84. The van der Waals surface area contributed by atoms with E-state index in [9.17, 15) is 4.79 Å². The van der Waals surface area contributed by atoms with E-state index in [1.807, 2.05) is 54.9 Å². The quantitative estimate of drug-likeness (QED) is 0.506. The summed E-state index contributed by atoms with van der Waals surface area (Å²) in [6, 6.07) is 17.8. The van der Waals surface area contributed by atoms with E-state index in [1.165, 1.54) is 0 Å². The van der Waals surface area contributed by atoms with Crippen LogP contribution in [0.25, 0.3) is 5.82 Å². The van der Waals surface area contributed by atoms with Crippen LogP contribution >= 0.6 is 0 Å². The van der Waals surface area contributed by atoms with Crippen molar-refractivity contribution in [2.45, 2.75) is 13.8 Å². The molecule has 0 bridgehead atoms. The highest BCUT2D eigenvalue weighted by Gasteiger charge is 2.07. The van der Waals surface area contributed by atoms with E-state index in [2.05, 4.69) is 25.8 Å². The second-order valence-corrected chi connectivity index (χ2v) is 6.59. The highest BCUT2D eigenvalue weighted by atomic mass is 16.5. The van der Waals surface area contributed by atoms with Crippen LogP contribution in [-0.2, 0) is 0 Å². The first-order valence-electron chi connectivity index (χ1n) is 9.34. The lowest BCUT2D eigenvalue weighted by Crippen LogP contribution is -2.19. The fourth-order valence-corrected chi connectivity index (χ4v) is 2.84. The van der Waals surface area contributed by atoms with E-state index in [1.54, 1.807) is 36.5 Å². The molecule has 2 N–H and O–H groups in total. The molecule has 150 valence electrons. The third-order valence-corrected chi connectivity index (χ3v) is 4.43. The minimum Gasteiger partial charge on any atom is -0.438 e. The number of aryl methyl sites for hydroxylation is 2. The Morgan fingerprint density at radius 2 is 1.73 bits per heavy atom.